The van der Waals surface area contributed by atoms with Crippen LogP contribution >= 0.6 is 0 Å². The summed E-state index contributed by atoms with van der Waals surface area (Å²) >= 11 is -2.26. The van der Waals surface area contributed by atoms with Crippen LogP contribution in [0.5, 0.6) is 5.75 Å². The van der Waals surface area contributed by atoms with Crippen molar-refractivity contribution in [2.75, 3.05) is 25.6 Å². The Bertz CT molecular complexity index is 1210. The van der Waals surface area contributed by atoms with Crippen molar-refractivity contribution in [3.63, 3.8) is 0 Å². The molecule has 1 amide bonds. The molecule has 2 heterocycles. The average molecular weight is 515 g/mol. The number of hydrogen-bond acceptors (Lipinski definition) is 7. The summed E-state index contributed by atoms with van der Waals surface area (Å²) in [5.41, 5.74) is 1.86. The summed E-state index contributed by atoms with van der Waals surface area (Å²) in [4.78, 5) is 17.7. The lowest BCUT2D eigenvalue weighted by atomic mass is 9.95. The Morgan fingerprint density at radius 1 is 1.19 bits per heavy atom. The van der Waals surface area contributed by atoms with Gasteiger partial charge in [0, 0.05) is 20.8 Å². The van der Waals surface area contributed by atoms with Gasteiger partial charge in [-0.1, -0.05) is 30.3 Å². The monoisotopic (exact) mass is 514 g/mol. The number of hydrogen-bond donors (Lipinski definition) is 3. The number of rotatable bonds is 7. The first kappa shape index (κ1) is 26.0. The van der Waals surface area contributed by atoms with Crippen LogP contribution in [-0.2, 0) is 21.3 Å². The summed E-state index contributed by atoms with van der Waals surface area (Å²) < 4.78 is 27.2. The Balaban J connectivity index is 0.000000667. The summed E-state index contributed by atoms with van der Waals surface area (Å²) in [6.45, 7) is 1.39. The van der Waals surface area contributed by atoms with Gasteiger partial charge in [-0.25, -0.2) is 4.98 Å². The smallest absolute Gasteiger partial charge is 0.236 e. The fraction of sp³-hybridized carbons (Fsp3) is 0.333. The van der Waals surface area contributed by atoms with Crippen molar-refractivity contribution in [1.29, 1.82) is 0 Å². The van der Waals surface area contributed by atoms with Crippen LogP contribution in [0.25, 0.3) is 11.3 Å². The number of aliphatic hydroxyl groups is 1. The number of amides is 1. The molecule has 2 atom stereocenters. The zero-order valence-electron chi connectivity index (χ0n) is 20.1. The fourth-order valence-electron chi connectivity index (χ4n) is 4.23. The van der Waals surface area contributed by atoms with E-state index in [0.717, 1.165) is 42.7 Å². The first-order valence-corrected chi connectivity index (χ1v) is 13.0. The molecule has 1 saturated carbocycles. The number of nitrogens with zero attached hydrogens (tertiary/aromatic N) is 1. The van der Waals surface area contributed by atoms with E-state index >= 15 is 0 Å². The normalized spacial score (nSPS) is 18.5. The molecule has 1 unspecified atom stereocenters. The lowest BCUT2D eigenvalue weighted by molar-refractivity contribution is -0.118. The number of pyridine rings is 1. The Morgan fingerprint density at radius 2 is 1.92 bits per heavy atom. The molecule has 2 aliphatic rings. The van der Waals surface area contributed by atoms with Gasteiger partial charge in [0.2, 0.25) is 5.91 Å². The molecular formula is C27H36N3O5S-. The van der Waals surface area contributed by atoms with Gasteiger partial charge in [0.05, 0.1) is 24.8 Å². The first-order valence-electron chi connectivity index (χ1n) is 11.9. The van der Waals surface area contributed by atoms with Crippen LogP contribution in [0.2, 0.25) is 0 Å². The third-order valence-electron chi connectivity index (χ3n) is 6.54. The van der Waals surface area contributed by atoms with E-state index in [1.54, 1.807) is 25.3 Å². The predicted molar refractivity (Wildman–Crippen MR) is 144 cm³/mol. The zero-order valence-corrected chi connectivity index (χ0v) is 20.9. The van der Waals surface area contributed by atoms with Crippen molar-refractivity contribution in [2.24, 2.45) is 0 Å². The number of aromatic nitrogens is 1. The van der Waals surface area contributed by atoms with Gasteiger partial charge in [-0.05, 0) is 85.3 Å². The van der Waals surface area contributed by atoms with Crippen molar-refractivity contribution in [3.05, 3.63) is 72.3 Å². The van der Waals surface area contributed by atoms with Crippen LogP contribution in [0, 0.1) is 0 Å². The number of ether oxygens (including phenoxy) is 1. The molecule has 9 heteroatoms. The van der Waals surface area contributed by atoms with Crippen LogP contribution in [0.4, 0.5) is 5.82 Å². The molecule has 3 aromatic rings. The SMILES string of the molecule is COc1ccc(C2(C(=O)Nc3cccc(-c4ccc(S(=O)[O-])cc4)n3)CC2)cc1.OC[C@H]1CCCN1.[HH].[HH].[HH]. The third kappa shape index (κ3) is 6.17. The highest BCUT2D eigenvalue weighted by atomic mass is 32.2. The van der Waals surface area contributed by atoms with E-state index in [9.17, 15) is 13.6 Å². The predicted octanol–water partition coefficient (Wildman–Crippen LogP) is 4.13. The van der Waals surface area contributed by atoms with Gasteiger partial charge in [-0.3, -0.25) is 9.00 Å². The van der Waals surface area contributed by atoms with Gasteiger partial charge in [-0.15, -0.1) is 0 Å². The molecule has 2 aromatic carbocycles. The van der Waals surface area contributed by atoms with Crippen molar-refractivity contribution in [2.45, 2.75) is 42.0 Å². The maximum Gasteiger partial charge on any atom is 0.236 e. The molecule has 0 radical (unpaired) electrons. The Hall–Kier alpha value is -3.11. The van der Waals surface area contributed by atoms with Crippen LogP contribution in [0.3, 0.4) is 0 Å². The van der Waals surface area contributed by atoms with Crippen LogP contribution < -0.4 is 15.4 Å². The molecule has 1 aliphatic heterocycles. The summed E-state index contributed by atoms with van der Waals surface area (Å²) in [6, 6.07) is 19.8. The largest absolute Gasteiger partial charge is 0.768 e. The highest BCUT2D eigenvalue weighted by Gasteiger charge is 2.51. The maximum absolute atomic E-state index is 13.0. The van der Waals surface area contributed by atoms with Gasteiger partial charge >= 0.3 is 0 Å². The molecule has 5 rings (SSSR count). The quantitative estimate of drug-likeness (QED) is 0.405. The van der Waals surface area contributed by atoms with Crippen molar-refractivity contribution in [3.8, 4) is 17.0 Å². The summed E-state index contributed by atoms with van der Waals surface area (Å²) in [5, 5.41) is 14.6. The first-order chi connectivity index (χ1) is 17.4. The average Bonchev–Trinajstić information content (AvgIpc) is 3.56. The molecule has 2 fully saturated rings. The van der Waals surface area contributed by atoms with Gasteiger partial charge in [0.1, 0.15) is 11.6 Å². The Labute approximate surface area is 217 Å². The molecule has 1 saturated heterocycles. The number of methoxy groups -OCH3 is 1. The Morgan fingerprint density at radius 3 is 2.44 bits per heavy atom. The van der Waals surface area contributed by atoms with Crippen LogP contribution in [-0.4, -0.2) is 51.1 Å². The second kappa shape index (κ2) is 11.7. The molecule has 0 bridgehead atoms. The van der Waals surface area contributed by atoms with Gasteiger partial charge < -0.3 is 25.0 Å². The number of carbonyl (C=O) groups is 1. The number of anilines is 1. The van der Waals surface area contributed by atoms with E-state index < -0.39 is 16.5 Å². The second-order valence-corrected chi connectivity index (χ2v) is 9.85. The molecule has 196 valence electrons. The maximum atomic E-state index is 13.0. The lowest BCUT2D eigenvalue weighted by Crippen LogP contribution is -2.28. The van der Waals surface area contributed by atoms with E-state index in [1.165, 1.54) is 18.6 Å². The van der Waals surface area contributed by atoms with Gasteiger partial charge in [-0.2, -0.15) is 0 Å². The van der Waals surface area contributed by atoms with E-state index in [1.807, 2.05) is 36.4 Å². The second-order valence-electron chi connectivity index (χ2n) is 8.91. The summed E-state index contributed by atoms with van der Waals surface area (Å²) in [5.74, 6) is 1.14. The van der Waals surface area contributed by atoms with Gasteiger partial charge in [0.15, 0.2) is 0 Å². The van der Waals surface area contributed by atoms with Crippen molar-refractivity contribution < 1.29 is 27.7 Å². The van der Waals surface area contributed by atoms with Crippen LogP contribution in [0.1, 0.15) is 35.5 Å². The summed E-state index contributed by atoms with van der Waals surface area (Å²) in [6.07, 6.45) is 3.96. The van der Waals surface area contributed by atoms with Crippen LogP contribution in [0.15, 0.2) is 71.6 Å². The number of aliphatic hydroxyl groups excluding tert-OH is 1. The highest BCUT2D eigenvalue weighted by Crippen LogP contribution is 2.49. The van der Waals surface area contributed by atoms with Crippen molar-refractivity contribution in [1.82, 2.24) is 10.3 Å². The third-order valence-corrected chi connectivity index (χ3v) is 7.20. The van der Waals surface area contributed by atoms with Gasteiger partial charge in [0.25, 0.3) is 0 Å². The van der Waals surface area contributed by atoms with E-state index in [0.29, 0.717) is 24.2 Å². The number of nitrogens with one attached hydrogen (secondary N) is 2. The Kier molecular flexibility index (Phi) is 8.48. The van der Waals surface area contributed by atoms with E-state index in [2.05, 4.69) is 15.6 Å². The fourth-order valence-corrected chi connectivity index (χ4v) is 4.59. The molecular weight excluding hydrogens is 478 g/mol. The minimum Gasteiger partial charge on any atom is -0.768 e. The summed E-state index contributed by atoms with van der Waals surface area (Å²) in [7, 11) is 1.61. The standard InChI is InChI=1S/C22H20N2O4S.C5H11NO.3H2/c1-28-17-9-7-16(8-10-17)22(13-14-22)21(25)24-20-4-2-3-19(23-20)15-5-11-18(12-6-15)29(26)27;7-4-5-2-1-3-6-5;;;/h2-12H,13-14H2,1H3,(H,26,27)(H,23,24,25);5-7H,1-4H2;3*1H/p-1/t;5-;;;/m.1.../s1. The molecule has 1 aromatic heterocycles. The minimum absolute atomic E-state index is 0. The number of benzene rings is 2. The minimum atomic E-state index is -2.26. The highest BCUT2D eigenvalue weighted by molar-refractivity contribution is 7.79. The van der Waals surface area contributed by atoms with Crippen molar-refractivity contribution >= 4 is 22.8 Å². The molecule has 36 heavy (non-hydrogen) atoms. The van der Waals surface area contributed by atoms with E-state index in [-0.39, 0.29) is 15.1 Å². The topological polar surface area (TPSA) is 124 Å². The lowest BCUT2D eigenvalue weighted by Gasteiger charge is -2.16. The molecule has 3 N–H and O–H groups in total. The zero-order chi connectivity index (χ0) is 25.5. The molecule has 0 spiro atoms. The number of carbonyl (C=O) groups excluding carboxylic acids is 1. The van der Waals surface area contributed by atoms with E-state index in [4.69, 9.17) is 9.84 Å². The molecule has 8 nitrogen and oxygen atoms in total. The molecule has 1 aliphatic carbocycles.